The van der Waals surface area contributed by atoms with Gasteiger partial charge in [-0.1, -0.05) is 30.3 Å². The minimum absolute atomic E-state index is 0.219. The number of piperazine rings is 1. The molecule has 0 bridgehead atoms. The largest absolute Gasteiger partial charge is 0.363 e. The quantitative estimate of drug-likeness (QED) is 0.939. The van der Waals surface area contributed by atoms with E-state index in [4.69, 9.17) is 0 Å². The Labute approximate surface area is 132 Å². The van der Waals surface area contributed by atoms with E-state index in [1.54, 1.807) is 0 Å². The lowest BCUT2D eigenvalue weighted by Gasteiger charge is -2.32. The number of aromatic nitrogens is 2. The van der Waals surface area contributed by atoms with Crippen LogP contribution in [0.4, 0.5) is 11.8 Å². The van der Waals surface area contributed by atoms with E-state index in [-0.39, 0.29) is 6.04 Å². The minimum atomic E-state index is 0.219. The second-order valence-electron chi connectivity index (χ2n) is 5.81. The molecular formula is C17H23N5. The fourth-order valence-electron chi connectivity index (χ4n) is 2.63. The third-order valence-electron chi connectivity index (χ3n) is 4.09. The Morgan fingerprint density at radius 2 is 1.77 bits per heavy atom. The molecule has 22 heavy (non-hydrogen) atoms. The number of rotatable bonds is 4. The van der Waals surface area contributed by atoms with E-state index in [0.29, 0.717) is 0 Å². The standard InChI is InChI=1S/C17H23N5/c1-14(15-6-4-3-5-7-15)19-16-8-9-18-17(20-16)22-12-10-21(2)11-13-22/h3-9,14H,10-13H2,1-2H3,(H,18,19,20). The second-order valence-corrected chi connectivity index (χ2v) is 5.81. The van der Waals surface area contributed by atoms with Crippen LogP contribution in [0.25, 0.3) is 0 Å². The molecule has 0 aliphatic carbocycles. The molecule has 5 nitrogen and oxygen atoms in total. The highest BCUT2D eigenvalue weighted by Crippen LogP contribution is 2.19. The van der Waals surface area contributed by atoms with Gasteiger partial charge in [-0.2, -0.15) is 4.98 Å². The molecule has 1 unspecified atom stereocenters. The summed E-state index contributed by atoms with van der Waals surface area (Å²) in [6.45, 7) is 6.22. The molecule has 1 atom stereocenters. The highest BCUT2D eigenvalue weighted by Gasteiger charge is 2.16. The molecule has 1 aliphatic heterocycles. The Hall–Kier alpha value is -2.14. The van der Waals surface area contributed by atoms with Crippen molar-refractivity contribution in [3.63, 3.8) is 0 Å². The molecule has 2 aromatic rings. The van der Waals surface area contributed by atoms with Gasteiger partial charge in [0, 0.05) is 38.4 Å². The van der Waals surface area contributed by atoms with Gasteiger partial charge in [0.25, 0.3) is 0 Å². The first-order valence-electron chi connectivity index (χ1n) is 7.80. The van der Waals surface area contributed by atoms with Crippen LogP contribution >= 0.6 is 0 Å². The summed E-state index contributed by atoms with van der Waals surface area (Å²) >= 11 is 0. The lowest BCUT2D eigenvalue weighted by molar-refractivity contribution is 0.311. The third-order valence-corrected chi connectivity index (χ3v) is 4.09. The molecule has 0 spiro atoms. The van der Waals surface area contributed by atoms with Crippen LogP contribution in [-0.2, 0) is 0 Å². The second kappa shape index (κ2) is 6.75. The van der Waals surface area contributed by atoms with Gasteiger partial charge in [-0.25, -0.2) is 4.98 Å². The highest BCUT2D eigenvalue weighted by atomic mass is 15.3. The Kier molecular flexibility index (Phi) is 4.53. The molecule has 1 saturated heterocycles. The summed E-state index contributed by atoms with van der Waals surface area (Å²) in [6.07, 6.45) is 1.83. The monoisotopic (exact) mass is 297 g/mol. The average Bonchev–Trinajstić information content (AvgIpc) is 2.56. The Morgan fingerprint density at radius 1 is 1.05 bits per heavy atom. The summed E-state index contributed by atoms with van der Waals surface area (Å²) in [5, 5.41) is 3.46. The van der Waals surface area contributed by atoms with Crippen LogP contribution in [0.1, 0.15) is 18.5 Å². The van der Waals surface area contributed by atoms with Crippen molar-refractivity contribution in [2.45, 2.75) is 13.0 Å². The van der Waals surface area contributed by atoms with Crippen molar-refractivity contribution in [1.29, 1.82) is 0 Å². The summed E-state index contributed by atoms with van der Waals surface area (Å²) in [6, 6.07) is 12.6. The van der Waals surface area contributed by atoms with E-state index in [0.717, 1.165) is 37.9 Å². The van der Waals surface area contributed by atoms with E-state index < -0.39 is 0 Å². The van der Waals surface area contributed by atoms with Crippen molar-refractivity contribution in [2.75, 3.05) is 43.4 Å². The lowest BCUT2D eigenvalue weighted by Crippen LogP contribution is -2.45. The van der Waals surface area contributed by atoms with Gasteiger partial charge in [0.2, 0.25) is 5.95 Å². The SMILES string of the molecule is CC(Nc1ccnc(N2CCN(C)CC2)n1)c1ccccc1. The van der Waals surface area contributed by atoms with Gasteiger partial charge < -0.3 is 15.1 Å². The van der Waals surface area contributed by atoms with E-state index >= 15 is 0 Å². The fourth-order valence-corrected chi connectivity index (χ4v) is 2.63. The Morgan fingerprint density at radius 3 is 2.50 bits per heavy atom. The van der Waals surface area contributed by atoms with Gasteiger partial charge in [-0.05, 0) is 25.6 Å². The third kappa shape index (κ3) is 3.54. The molecule has 116 valence electrons. The predicted octanol–water partition coefficient (Wildman–Crippen LogP) is 2.40. The van der Waals surface area contributed by atoms with Crippen LogP contribution in [0.3, 0.4) is 0 Å². The van der Waals surface area contributed by atoms with E-state index in [9.17, 15) is 0 Å². The maximum Gasteiger partial charge on any atom is 0.227 e. The van der Waals surface area contributed by atoms with Crippen LogP contribution < -0.4 is 10.2 Å². The van der Waals surface area contributed by atoms with Crippen molar-refractivity contribution < 1.29 is 0 Å². The van der Waals surface area contributed by atoms with Gasteiger partial charge in [-0.3, -0.25) is 0 Å². The molecule has 1 fully saturated rings. The summed E-state index contributed by atoms with van der Waals surface area (Å²) < 4.78 is 0. The zero-order chi connectivity index (χ0) is 15.4. The number of anilines is 2. The van der Waals surface area contributed by atoms with Gasteiger partial charge >= 0.3 is 0 Å². The van der Waals surface area contributed by atoms with Crippen LogP contribution in [0.2, 0.25) is 0 Å². The van der Waals surface area contributed by atoms with Crippen LogP contribution in [0.15, 0.2) is 42.6 Å². The van der Waals surface area contributed by atoms with E-state index in [2.05, 4.69) is 63.3 Å². The molecule has 1 N–H and O–H groups in total. The molecule has 1 aromatic carbocycles. The van der Waals surface area contributed by atoms with Crippen molar-refractivity contribution in [2.24, 2.45) is 0 Å². The van der Waals surface area contributed by atoms with Gasteiger partial charge in [0.05, 0.1) is 0 Å². The molecule has 1 aliphatic rings. The maximum atomic E-state index is 4.67. The summed E-state index contributed by atoms with van der Waals surface area (Å²) in [5.74, 6) is 1.69. The number of benzene rings is 1. The van der Waals surface area contributed by atoms with E-state index in [1.165, 1.54) is 5.56 Å². The zero-order valence-corrected chi connectivity index (χ0v) is 13.2. The first kappa shape index (κ1) is 14.8. The summed E-state index contributed by atoms with van der Waals surface area (Å²) in [4.78, 5) is 13.7. The van der Waals surface area contributed by atoms with Gasteiger partial charge in [0.1, 0.15) is 5.82 Å². The van der Waals surface area contributed by atoms with Crippen molar-refractivity contribution in [3.05, 3.63) is 48.2 Å². The average molecular weight is 297 g/mol. The van der Waals surface area contributed by atoms with Crippen LogP contribution in [0.5, 0.6) is 0 Å². The molecule has 2 heterocycles. The van der Waals surface area contributed by atoms with Crippen molar-refractivity contribution >= 4 is 11.8 Å². The fraction of sp³-hybridized carbons (Fsp3) is 0.412. The smallest absolute Gasteiger partial charge is 0.227 e. The lowest BCUT2D eigenvalue weighted by atomic mass is 10.1. The number of likely N-dealkylation sites (N-methyl/N-ethyl adjacent to an activating group) is 1. The summed E-state index contributed by atoms with van der Waals surface area (Å²) in [5.41, 5.74) is 1.25. The minimum Gasteiger partial charge on any atom is -0.363 e. The molecule has 3 rings (SSSR count). The van der Waals surface area contributed by atoms with E-state index in [1.807, 2.05) is 18.3 Å². The predicted molar refractivity (Wildman–Crippen MR) is 90.2 cm³/mol. The number of hydrogen-bond donors (Lipinski definition) is 1. The van der Waals surface area contributed by atoms with Crippen molar-refractivity contribution in [3.8, 4) is 0 Å². The van der Waals surface area contributed by atoms with Gasteiger partial charge in [-0.15, -0.1) is 0 Å². The molecule has 1 aromatic heterocycles. The zero-order valence-electron chi connectivity index (χ0n) is 13.2. The molecular weight excluding hydrogens is 274 g/mol. The molecule has 5 heteroatoms. The molecule has 0 radical (unpaired) electrons. The van der Waals surface area contributed by atoms with Crippen LogP contribution in [0, 0.1) is 0 Å². The topological polar surface area (TPSA) is 44.3 Å². The number of nitrogens with zero attached hydrogens (tertiary/aromatic N) is 4. The molecule has 0 amide bonds. The van der Waals surface area contributed by atoms with Crippen LogP contribution in [-0.4, -0.2) is 48.1 Å². The maximum absolute atomic E-state index is 4.67. The number of nitrogens with one attached hydrogen (secondary N) is 1. The highest BCUT2D eigenvalue weighted by molar-refractivity contribution is 5.43. The Balaban J connectivity index is 1.69. The Bertz CT molecular complexity index is 593. The summed E-state index contributed by atoms with van der Waals surface area (Å²) in [7, 11) is 2.15. The van der Waals surface area contributed by atoms with Gasteiger partial charge in [0.15, 0.2) is 0 Å². The number of hydrogen-bond acceptors (Lipinski definition) is 5. The van der Waals surface area contributed by atoms with Crippen molar-refractivity contribution in [1.82, 2.24) is 14.9 Å². The molecule has 0 saturated carbocycles. The first-order chi connectivity index (χ1) is 10.7. The first-order valence-corrected chi connectivity index (χ1v) is 7.80. The normalized spacial score (nSPS) is 17.3.